The van der Waals surface area contributed by atoms with Crippen molar-refractivity contribution in [2.75, 3.05) is 5.33 Å². The first-order valence-corrected chi connectivity index (χ1v) is 13.9. The van der Waals surface area contributed by atoms with Gasteiger partial charge in [0.25, 0.3) is 0 Å². The third-order valence-corrected chi connectivity index (χ3v) is 10.7. The lowest BCUT2D eigenvalue weighted by Crippen LogP contribution is -2.46. The quantitative estimate of drug-likeness (QED) is 0.316. The molecule has 1 unspecified atom stereocenters. The van der Waals surface area contributed by atoms with E-state index in [9.17, 15) is 5.11 Å². The van der Waals surface area contributed by atoms with E-state index in [4.69, 9.17) is 0 Å². The number of halogens is 1. The molecule has 4 rings (SSSR count). The number of rotatable bonds is 6. The van der Waals surface area contributed by atoms with Crippen molar-refractivity contribution in [3.05, 3.63) is 11.1 Å². The monoisotopic (exact) mass is 462 g/mol. The van der Waals surface area contributed by atoms with E-state index in [0.717, 1.165) is 53.7 Å². The molecule has 0 saturated heterocycles. The zero-order chi connectivity index (χ0) is 20.8. The SMILES string of the molecule is CC(C)CCC[C@@H](C)[C@H]1CC[C@H]2[C@@H]3CC(C[77Br])C4=C(CC[C@H](O)C4)[C@H]3CC[C@]12C. The van der Waals surface area contributed by atoms with Gasteiger partial charge in [-0.1, -0.05) is 74.0 Å². The molecule has 1 nitrogen and oxygen atoms in total. The van der Waals surface area contributed by atoms with Crippen LogP contribution in [0.15, 0.2) is 11.1 Å². The Morgan fingerprint density at radius 1 is 1.07 bits per heavy atom. The van der Waals surface area contributed by atoms with Crippen molar-refractivity contribution in [1.29, 1.82) is 0 Å². The zero-order valence-electron chi connectivity index (χ0n) is 19.4. The lowest BCUT2D eigenvalue weighted by atomic mass is 9.51. The van der Waals surface area contributed by atoms with Crippen molar-refractivity contribution >= 4 is 15.9 Å². The second kappa shape index (κ2) is 8.97. The third-order valence-electron chi connectivity index (χ3n) is 9.94. The lowest BCUT2D eigenvalue weighted by molar-refractivity contribution is -0.0107. The molecule has 0 radical (unpaired) electrons. The molecule has 0 bridgehead atoms. The highest BCUT2D eigenvalue weighted by atomic mass is 76.9. The normalized spacial score (nSPS) is 43.1. The van der Waals surface area contributed by atoms with E-state index >= 15 is 0 Å². The lowest BCUT2D eigenvalue weighted by Gasteiger charge is -2.54. The number of allylic oxidation sites excluding steroid dienone is 1. The van der Waals surface area contributed by atoms with E-state index in [0.29, 0.717) is 11.3 Å². The van der Waals surface area contributed by atoms with Crippen LogP contribution in [-0.4, -0.2) is 16.5 Å². The van der Waals surface area contributed by atoms with Crippen molar-refractivity contribution in [1.82, 2.24) is 0 Å². The van der Waals surface area contributed by atoms with Crippen LogP contribution in [0.25, 0.3) is 0 Å². The molecule has 1 N–H and O–H groups in total. The fourth-order valence-corrected chi connectivity index (χ4v) is 9.18. The molecule has 0 heterocycles. The molecule has 2 fully saturated rings. The molecule has 0 aromatic carbocycles. The molecule has 0 aromatic heterocycles. The Morgan fingerprint density at radius 2 is 1.86 bits per heavy atom. The van der Waals surface area contributed by atoms with Gasteiger partial charge in [0.15, 0.2) is 0 Å². The molecular weight excluding hydrogens is 417 g/mol. The third kappa shape index (κ3) is 4.15. The first-order chi connectivity index (χ1) is 13.8. The maximum atomic E-state index is 10.3. The van der Waals surface area contributed by atoms with Crippen LogP contribution in [0.4, 0.5) is 0 Å². The molecule has 0 aromatic rings. The Hall–Kier alpha value is 0.180. The second-order valence-electron chi connectivity index (χ2n) is 11.9. The molecule has 166 valence electrons. The molecule has 4 aliphatic carbocycles. The molecule has 2 heteroatoms. The Balaban J connectivity index is 1.51. The number of aliphatic hydroxyl groups excluding tert-OH is 1. The van der Waals surface area contributed by atoms with Crippen LogP contribution in [-0.2, 0) is 0 Å². The molecule has 8 atom stereocenters. The van der Waals surface area contributed by atoms with Crippen molar-refractivity contribution in [2.24, 2.45) is 46.8 Å². The van der Waals surface area contributed by atoms with Gasteiger partial charge in [-0.25, -0.2) is 0 Å². The predicted octanol–water partition coefficient (Wildman–Crippen LogP) is 7.76. The summed E-state index contributed by atoms with van der Waals surface area (Å²) in [7, 11) is 0. The molecule has 29 heavy (non-hydrogen) atoms. The highest BCUT2D eigenvalue weighted by Crippen LogP contribution is 2.65. The van der Waals surface area contributed by atoms with Crippen molar-refractivity contribution in [3.63, 3.8) is 0 Å². The highest BCUT2D eigenvalue weighted by molar-refractivity contribution is 9.09. The molecular formula is C27H45BrO. The Kier molecular flexibility index (Phi) is 6.92. The summed E-state index contributed by atoms with van der Waals surface area (Å²) in [5.41, 5.74) is 4.06. The molecule has 0 amide bonds. The van der Waals surface area contributed by atoms with Crippen LogP contribution >= 0.6 is 15.9 Å². The Bertz CT molecular complexity index is 610. The van der Waals surface area contributed by atoms with Gasteiger partial charge >= 0.3 is 0 Å². The van der Waals surface area contributed by atoms with Crippen LogP contribution in [0.2, 0.25) is 0 Å². The minimum Gasteiger partial charge on any atom is -0.393 e. The summed E-state index contributed by atoms with van der Waals surface area (Å²) in [4.78, 5) is 0. The van der Waals surface area contributed by atoms with E-state index in [-0.39, 0.29) is 6.10 Å². The molecule has 2 saturated carbocycles. The van der Waals surface area contributed by atoms with Crippen LogP contribution in [0.5, 0.6) is 0 Å². The van der Waals surface area contributed by atoms with Gasteiger partial charge in [-0.2, -0.15) is 0 Å². The van der Waals surface area contributed by atoms with Gasteiger partial charge in [0.1, 0.15) is 0 Å². The predicted molar refractivity (Wildman–Crippen MR) is 127 cm³/mol. The van der Waals surface area contributed by atoms with E-state index in [1.54, 1.807) is 5.57 Å². The highest BCUT2D eigenvalue weighted by Gasteiger charge is 2.56. The molecule has 4 aliphatic rings. The van der Waals surface area contributed by atoms with Gasteiger partial charge in [-0.3, -0.25) is 0 Å². The Labute approximate surface area is 188 Å². The van der Waals surface area contributed by atoms with Crippen LogP contribution < -0.4 is 0 Å². The van der Waals surface area contributed by atoms with Gasteiger partial charge < -0.3 is 5.11 Å². The smallest absolute Gasteiger partial charge is 0.0580 e. The minimum atomic E-state index is -0.0803. The topological polar surface area (TPSA) is 20.2 Å². The summed E-state index contributed by atoms with van der Waals surface area (Å²) in [5, 5.41) is 11.4. The summed E-state index contributed by atoms with van der Waals surface area (Å²) in [6, 6.07) is 0. The summed E-state index contributed by atoms with van der Waals surface area (Å²) in [5.74, 6) is 6.10. The zero-order valence-corrected chi connectivity index (χ0v) is 21.0. The summed E-state index contributed by atoms with van der Waals surface area (Å²) < 4.78 is 0. The van der Waals surface area contributed by atoms with Gasteiger partial charge in [0, 0.05) is 5.33 Å². The fraction of sp³-hybridized carbons (Fsp3) is 0.926. The first kappa shape index (κ1) is 22.4. The maximum absolute atomic E-state index is 10.3. The van der Waals surface area contributed by atoms with Crippen LogP contribution in [0.3, 0.4) is 0 Å². The fourth-order valence-electron chi connectivity index (χ4n) is 8.52. The number of hydrogen-bond acceptors (Lipinski definition) is 1. The average Bonchev–Trinajstić information content (AvgIpc) is 3.04. The van der Waals surface area contributed by atoms with Gasteiger partial charge in [0.05, 0.1) is 6.10 Å². The van der Waals surface area contributed by atoms with E-state index in [1.807, 2.05) is 5.57 Å². The number of alkyl halides is 1. The number of fused-ring (bicyclic) bond motifs is 4. The summed E-state index contributed by atoms with van der Waals surface area (Å²) in [6.45, 7) is 10.0. The summed E-state index contributed by atoms with van der Waals surface area (Å²) >= 11 is 3.85. The van der Waals surface area contributed by atoms with Crippen LogP contribution in [0, 0.1) is 46.8 Å². The molecule has 0 spiro atoms. The maximum Gasteiger partial charge on any atom is 0.0580 e. The minimum absolute atomic E-state index is 0.0803. The summed E-state index contributed by atoms with van der Waals surface area (Å²) in [6.07, 6.45) is 14.6. The van der Waals surface area contributed by atoms with Crippen LogP contribution in [0.1, 0.15) is 98.3 Å². The largest absolute Gasteiger partial charge is 0.393 e. The molecule has 0 aliphatic heterocycles. The van der Waals surface area contributed by atoms with Gasteiger partial charge in [-0.05, 0) is 98.2 Å². The van der Waals surface area contributed by atoms with Gasteiger partial charge in [-0.15, -0.1) is 0 Å². The second-order valence-corrected chi connectivity index (χ2v) is 12.6. The van der Waals surface area contributed by atoms with Crippen molar-refractivity contribution in [3.8, 4) is 0 Å². The van der Waals surface area contributed by atoms with E-state index < -0.39 is 0 Å². The van der Waals surface area contributed by atoms with Gasteiger partial charge in [0.2, 0.25) is 0 Å². The van der Waals surface area contributed by atoms with Crippen molar-refractivity contribution in [2.45, 2.75) is 104 Å². The standard InChI is InChI=1S/C27H45BrO/c1-17(2)6-5-7-18(3)25-10-11-26-24-14-19(16-28)23-15-20(29)8-9-21(23)22(24)12-13-27(25,26)4/h17-20,22,24-26,29H,5-16H2,1-4H3/t18-,19?,20+,22-,24-,25-,26+,27-/m1/s1/i28-3. The van der Waals surface area contributed by atoms with E-state index in [1.165, 1.54) is 57.8 Å². The van der Waals surface area contributed by atoms with Crippen molar-refractivity contribution < 1.29 is 5.11 Å². The average molecular weight is 463 g/mol. The number of hydrogen-bond donors (Lipinski definition) is 1. The first-order valence-electron chi connectivity index (χ1n) is 12.8. The number of aliphatic hydroxyl groups is 1. The Morgan fingerprint density at radius 3 is 2.59 bits per heavy atom. The van der Waals surface area contributed by atoms with E-state index in [2.05, 4.69) is 43.6 Å².